The van der Waals surface area contributed by atoms with Gasteiger partial charge >= 0.3 is 0 Å². The van der Waals surface area contributed by atoms with Crippen molar-refractivity contribution in [3.8, 4) is 11.5 Å². The highest BCUT2D eigenvalue weighted by Gasteiger charge is 2.27. The first-order valence-electron chi connectivity index (χ1n) is 8.29. The van der Waals surface area contributed by atoms with Crippen LogP contribution in [0.3, 0.4) is 0 Å². The summed E-state index contributed by atoms with van der Waals surface area (Å²) in [5, 5.41) is 6.18. The fourth-order valence-electron chi connectivity index (χ4n) is 2.24. The minimum absolute atomic E-state index is 0.0175. The average Bonchev–Trinajstić information content (AvgIpc) is 3.10. The number of hydrogen-bond acceptors (Lipinski definition) is 8. The Morgan fingerprint density at radius 3 is 2.64 bits per heavy atom. The largest absolute Gasteiger partial charge is 0.485 e. The molecule has 10 nitrogen and oxygen atoms in total. The van der Waals surface area contributed by atoms with Gasteiger partial charge in [-0.3, -0.25) is 25.2 Å². The van der Waals surface area contributed by atoms with E-state index in [0.29, 0.717) is 23.1 Å². The molecular weight excluding hydrogens is 388 g/mol. The van der Waals surface area contributed by atoms with Crippen LogP contribution < -0.4 is 25.6 Å². The predicted molar refractivity (Wildman–Crippen MR) is 99.8 cm³/mol. The lowest BCUT2D eigenvalue weighted by atomic mass is 10.2. The third-order valence-electron chi connectivity index (χ3n) is 3.49. The summed E-state index contributed by atoms with van der Waals surface area (Å²) < 4.78 is 15.8. The summed E-state index contributed by atoms with van der Waals surface area (Å²) in [7, 11) is 0. The van der Waals surface area contributed by atoms with Crippen molar-refractivity contribution in [3.05, 3.63) is 36.1 Å². The summed E-state index contributed by atoms with van der Waals surface area (Å²) in [5.74, 6) is 0.634. The number of benzene rings is 1. The molecule has 1 aliphatic heterocycles. The van der Waals surface area contributed by atoms with Crippen molar-refractivity contribution in [1.29, 1.82) is 0 Å². The molecule has 1 atom stereocenters. The van der Waals surface area contributed by atoms with Crippen LogP contribution in [0.1, 0.15) is 5.76 Å². The number of rotatable bonds is 6. The van der Waals surface area contributed by atoms with Gasteiger partial charge < -0.3 is 19.3 Å². The molecule has 0 radical (unpaired) electrons. The number of hydrogen-bond donors (Lipinski definition) is 3. The first kappa shape index (κ1) is 19.5. The Hall–Kier alpha value is -3.21. The van der Waals surface area contributed by atoms with Crippen molar-refractivity contribution in [2.75, 3.05) is 23.4 Å². The Morgan fingerprint density at radius 1 is 1.14 bits per heavy atom. The first-order valence-corrected chi connectivity index (χ1v) is 9.45. The number of amides is 3. The Labute approximate surface area is 164 Å². The van der Waals surface area contributed by atoms with Crippen molar-refractivity contribution < 1.29 is 28.4 Å². The average molecular weight is 406 g/mol. The summed E-state index contributed by atoms with van der Waals surface area (Å²) in [4.78, 5) is 35.6. The molecule has 3 amide bonds. The van der Waals surface area contributed by atoms with Crippen molar-refractivity contribution in [2.45, 2.75) is 13.0 Å². The zero-order valence-electron chi connectivity index (χ0n) is 14.9. The number of nitrogens with one attached hydrogen (secondary N) is 3. The number of hydrazine groups is 1. The fourth-order valence-corrected chi connectivity index (χ4v) is 2.85. The number of aryl methyl sites for hydroxylation is 1. The van der Waals surface area contributed by atoms with Crippen LogP contribution >= 0.6 is 11.8 Å². The molecule has 0 bridgehead atoms. The highest BCUT2D eigenvalue weighted by Crippen LogP contribution is 2.30. The highest BCUT2D eigenvalue weighted by molar-refractivity contribution is 8.00. The van der Waals surface area contributed by atoms with Crippen LogP contribution in [0.5, 0.6) is 11.5 Å². The van der Waals surface area contributed by atoms with Crippen LogP contribution in [-0.4, -0.2) is 47.1 Å². The van der Waals surface area contributed by atoms with Gasteiger partial charge in [0.05, 0.1) is 11.5 Å². The summed E-state index contributed by atoms with van der Waals surface area (Å²) in [6.45, 7) is 1.74. The van der Waals surface area contributed by atoms with Gasteiger partial charge in [0.2, 0.25) is 17.9 Å². The smallest absolute Gasteiger partial charge is 0.283 e. The minimum Gasteiger partial charge on any atom is -0.485 e. The molecule has 0 saturated carbocycles. The monoisotopic (exact) mass is 406 g/mol. The molecule has 1 aromatic heterocycles. The quantitative estimate of drug-likeness (QED) is 0.596. The van der Waals surface area contributed by atoms with E-state index < -0.39 is 17.9 Å². The molecule has 1 aliphatic rings. The normalized spacial score (nSPS) is 14.8. The van der Waals surface area contributed by atoms with Crippen molar-refractivity contribution in [2.24, 2.45) is 0 Å². The van der Waals surface area contributed by atoms with Crippen molar-refractivity contribution >= 4 is 35.3 Å². The number of carbonyl (C=O) groups excluding carboxylic acids is 3. The molecule has 2 aromatic rings. The minimum atomic E-state index is -0.875. The highest BCUT2D eigenvalue weighted by atomic mass is 32.2. The van der Waals surface area contributed by atoms with E-state index in [9.17, 15) is 14.4 Å². The summed E-state index contributed by atoms with van der Waals surface area (Å²) in [5.41, 5.74) is 4.56. The predicted octanol–water partition coefficient (Wildman–Crippen LogP) is 0.642. The van der Waals surface area contributed by atoms with Crippen LogP contribution in [0.25, 0.3) is 0 Å². The topological polar surface area (TPSA) is 132 Å². The van der Waals surface area contributed by atoms with Crippen LogP contribution in [0, 0.1) is 6.92 Å². The maximum absolute atomic E-state index is 12.1. The van der Waals surface area contributed by atoms with Crippen LogP contribution in [-0.2, 0) is 14.4 Å². The maximum atomic E-state index is 12.1. The molecule has 148 valence electrons. The molecule has 0 saturated heterocycles. The molecule has 11 heteroatoms. The number of thioether (sulfide) groups is 1. The number of anilines is 1. The number of fused-ring (bicyclic) bond motifs is 1. The molecule has 3 rings (SSSR count). The Morgan fingerprint density at radius 2 is 1.89 bits per heavy atom. The molecule has 1 aromatic carbocycles. The van der Waals surface area contributed by atoms with E-state index >= 15 is 0 Å². The second kappa shape index (κ2) is 9.13. The van der Waals surface area contributed by atoms with E-state index in [1.807, 2.05) is 0 Å². The molecule has 0 spiro atoms. The fraction of sp³-hybridized carbons (Fsp3) is 0.294. The summed E-state index contributed by atoms with van der Waals surface area (Å²) in [6, 6.07) is 8.58. The third-order valence-corrected chi connectivity index (χ3v) is 4.42. The van der Waals surface area contributed by atoms with Gasteiger partial charge in [-0.05, 0) is 19.1 Å². The van der Waals surface area contributed by atoms with Gasteiger partial charge in [-0.1, -0.05) is 17.3 Å². The lowest BCUT2D eigenvalue weighted by Crippen LogP contribution is -2.51. The van der Waals surface area contributed by atoms with Crippen LogP contribution in [0.4, 0.5) is 5.82 Å². The van der Waals surface area contributed by atoms with Gasteiger partial charge in [0.15, 0.2) is 17.3 Å². The van der Waals surface area contributed by atoms with E-state index in [2.05, 4.69) is 21.3 Å². The molecule has 28 heavy (non-hydrogen) atoms. The van der Waals surface area contributed by atoms with Crippen LogP contribution in [0.2, 0.25) is 0 Å². The third kappa shape index (κ3) is 5.39. The molecule has 2 heterocycles. The molecule has 3 N–H and O–H groups in total. The number of aromatic nitrogens is 1. The SMILES string of the molecule is Cc1cc(NC(=O)CSCC(=O)NNC(=O)C2COc3ccccc3O2)no1. The van der Waals surface area contributed by atoms with E-state index in [0.717, 1.165) is 11.8 Å². The second-order valence-corrected chi connectivity index (χ2v) is 6.75. The second-order valence-electron chi connectivity index (χ2n) is 5.77. The summed E-state index contributed by atoms with van der Waals surface area (Å²) in [6.07, 6.45) is -0.875. The van der Waals surface area contributed by atoms with E-state index in [1.54, 1.807) is 37.3 Å². The lowest BCUT2D eigenvalue weighted by Gasteiger charge is -2.25. The Bertz CT molecular complexity index is 871. The Kier molecular flexibility index (Phi) is 6.37. The van der Waals surface area contributed by atoms with E-state index in [4.69, 9.17) is 14.0 Å². The molecule has 1 unspecified atom stereocenters. The zero-order chi connectivity index (χ0) is 19.9. The van der Waals surface area contributed by atoms with E-state index in [1.165, 1.54) is 0 Å². The zero-order valence-corrected chi connectivity index (χ0v) is 15.7. The van der Waals surface area contributed by atoms with Crippen molar-refractivity contribution in [3.63, 3.8) is 0 Å². The standard InChI is InChI=1S/C17H18N4O6S/c1-10-6-14(21-27-10)18-15(22)8-28-9-16(23)19-20-17(24)13-7-25-11-4-2-3-5-12(11)26-13/h2-6,13H,7-9H2,1H3,(H,19,23)(H,20,24)(H,18,21,22). The number of para-hydroxylation sites is 2. The van der Waals surface area contributed by atoms with Gasteiger partial charge in [-0.25, -0.2) is 0 Å². The van der Waals surface area contributed by atoms with Gasteiger partial charge in [-0.2, -0.15) is 0 Å². The summed E-state index contributed by atoms with van der Waals surface area (Å²) >= 11 is 1.08. The molecule has 0 aliphatic carbocycles. The number of nitrogens with zero attached hydrogens (tertiary/aromatic N) is 1. The van der Waals surface area contributed by atoms with E-state index in [-0.39, 0.29) is 24.0 Å². The van der Waals surface area contributed by atoms with Gasteiger partial charge in [0.25, 0.3) is 5.91 Å². The van der Waals surface area contributed by atoms with Gasteiger partial charge in [-0.15, -0.1) is 11.8 Å². The van der Waals surface area contributed by atoms with Crippen molar-refractivity contribution in [1.82, 2.24) is 16.0 Å². The van der Waals surface area contributed by atoms with Crippen LogP contribution in [0.15, 0.2) is 34.9 Å². The van der Waals surface area contributed by atoms with Gasteiger partial charge in [0.1, 0.15) is 12.4 Å². The number of carbonyl (C=O) groups is 3. The lowest BCUT2D eigenvalue weighted by molar-refractivity contribution is -0.134. The molecular formula is C17H18N4O6S. The Balaban J connectivity index is 1.33. The first-order chi connectivity index (χ1) is 13.5. The molecule has 0 fully saturated rings. The van der Waals surface area contributed by atoms with Gasteiger partial charge in [0, 0.05) is 6.07 Å². The number of ether oxygens (including phenoxy) is 2. The maximum Gasteiger partial charge on any atom is 0.283 e.